The molecular formula is C36H58N6O6. The van der Waals surface area contributed by atoms with E-state index < -0.39 is 47.2 Å². The lowest BCUT2D eigenvalue weighted by Gasteiger charge is -2.39. The van der Waals surface area contributed by atoms with Crippen molar-refractivity contribution in [3.8, 4) is 0 Å². The topological polar surface area (TPSA) is 157 Å². The Balaban J connectivity index is 1.50. The number of nitrogens with one attached hydrogen (secondary N) is 4. The van der Waals surface area contributed by atoms with Crippen molar-refractivity contribution >= 4 is 35.4 Å². The number of nitrogens with zero attached hydrogens (tertiary/aromatic N) is 2. The first-order valence-electron chi connectivity index (χ1n) is 17.5. The molecule has 1 heterocycles. The van der Waals surface area contributed by atoms with Crippen LogP contribution in [-0.4, -0.2) is 96.1 Å². The zero-order chi connectivity index (χ0) is 35.9. The molecule has 0 aromatic heterocycles. The number of rotatable bonds is 14. The molecule has 4 aliphatic rings. The number of likely N-dealkylation sites (N-methyl/N-ethyl adjacent to an activating group) is 1. The van der Waals surface area contributed by atoms with Gasteiger partial charge in [0.15, 0.2) is 0 Å². The molecule has 12 nitrogen and oxygen atoms in total. The van der Waals surface area contributed by atoms with Crippen molar-refractivity contribution in [2.45, 2.75) is 112 Å². The minimum absolute atomic E-state index is 0.0608. The van der Waals surface area contributed by atoms with E-state index in [1.54, 1.807) is 16.8 Å². The van der Waals surface area contributed by atoms with E-state index >= 15 is 0 Å². The maximum Gasteiger partial charge on any atom is 0.315 e. The van der Waals surface area contributed by atoms with Crippen molar-refractivity contribution in [1.82, 2.24) is 31.1 Å². The summed E-state index contributed by atoms with van der Waals surface area (Å²) in [7, 11) is 1.75. The van der Waals surface area contributed by atoms with E-state index in [4.69, 9.17) is 0 Å². The fraction of sp³-hybridized carbons (Fsp3) is 0.778. The van der Waals surface area contributed by atoms with Gasteiger partial charge in [0.2, 0.25) is 23.5 Å². The van der Waals surface area contributed by atoms with Gasteiger partial charge in [-0.1, -0.05) is 74.3 Å². The molecule has 1 unspecified atom stereocenters. The van der Waals surface area contributed by atoms with Gasteiger partial charge in [0, 0.05) is 32.6 Å². The van der Waals surface area contributed by atoms with Gasteiger partial charge in [0.1, 0.15) is 12.1 Å². The zero-order valence-corrected chi connectivity index (χ0v) is 30.4. The van der Waals surface area contributed by atoms with Crippen LogP contribution in [-0.2, 0) is 24.0 Å². The molecular weight excluding hydrogens is 612 g/mol. The van der Waals surface area contributed by atoms with Gasteiger partial charge in [-0.25, -0.2) is 4.79 Å². The first-order chi connectivity index (χ1) is 22.2. The summed E-state index contributed by atoms with van der Waals surface area (Å²) in [6.07, 6.45) is 5.50. The third-order valence-corrected chi connectivity index (χ3v) is 10.8. The van der Waals surface area contributed by atoms with E-state index in [0.717, 1.165) is 25.7 Å². The first-order valence-corrected chi connectivity index (χ1v) is 17.5. The van der Waals surface area contributed by atoms with Crippen LogP contribution in [0.4, 0.5) is 4.79 Å². The van der Waals surface area contributed by atoms with Gasteiger partial charge in [-0.05, 0) is 53.3 Å². The number of Topliss-reactive ketones (excluding diaryl/α,β-unsaturated/α-hetero) is 1. The van der Waals surface area contributed by atoms with Crippen molar-refractivity contribution in [2.75, 3.05) is 26.7 Å². The van der Waals surface area contributed by atoms with E-state index in [1.807, 2.05) is 41.5 Å². The lowest BCUT2D eigenvalue weighted by Crippen LogP contribution is -2.62. The standard InChI is InChI=1S/C36H58N6O6/c1-11-16-37-30(45)27(43)23(17-20-12-13-20)38-29(44)26-25-22(36(25,8)9)18-42(26)32(47)28(35(5,6)7)40-33(48)39-24(34(2,3)4)19-41(10)31(46)21-14-15-21/h11,20-26,28H,1,12-19H2,2-10H3,(H,37,45)(H,38,44)(H2,39,40,48)/t22-,23?,24+,25-,26-,28+/m0/s1. The van der Waals surface area contributed by atoms with Crippen molar-refractivity contribution < 1.29 is 28.8 Å². The lowest BCUT2D eigenvalue weighted by atomic mass is 9.85. The molecule has 268 valence electrons. The van der Waals surface area contributed by atoms with Crippen molar-refractivity contribution in [3.63, 3.8) is 0 Å². The molecule has 4 N–H and O–H groups in total. The van der Waals surface area contributed by atoms with Crippen LogP contribution < -0.4 is 21.3 Å². The molecule has 3 saturated carbocycles. The molecule has 0 spiro atoms. The fourth-order valence-electron chi connectivity index (χ4n) is 7.09. The molecule has 0 radical (unpaired) electrons. The number of carbonyl (C=O) groups is 6. The second kappa shape index (κ2) is 13.8. The van der Waals surface area contributed by atoms with Gasteiger partial charge >= 0.3 is 6.03 Å². The van der Waals surface area contributed by atoms with Crippen LogP contribution in [0.15, 0.2) is 12.7 Å². The summed E-state index contributed by atoms with van der Waals surface area (Å²) < 4.78 is 0. The van der Waals surface area contributed by atoms with E-state index in [9.17, 15) is 28.8 Å². The number of ketones is 1. The zero-order valence-electron chi connectivity index (χ0n) is 30.4. The van der Waals surface area contributed by atoms with Crippen LogP contribution in [0.1, 0.15) is 87.5 Å². The Morgan fingerprint density at radius 1 is 0.938 bits per heavy atom. The normalized spacial score (nSPS) is 24.7. The summed E-state index contributed by atoms with van der Waals surface area (Å²) in [5, 5.41) is 11.3. The maximum atomic E-state index is 14.4. The Bertz CT molecular complexity index is 1310. The summed E-state index contributed by atoms with van der Waals surface area (Å²) in [5.74, 6) is -1.94. The number of piperidine rings is 1. The van der Waals surface area contributed by atoms with Crippen molar-refractivity contribution in [2.24, 2.45) is 39.9 Å². The highest BCUT2D eigenvalue weighted by molar-refractivity contribution is 6.38. The van der Waals surface area contributed by atoms with Crippen LogP contribution in [0.3, 0.4) is 0 Å². The van der Waals surface area contributed by atoms with E-state index in [2.05, 4.69) is 41.7 Å². The summed E-state index contributed by atoms with van der Waals surface area (Å²) >= 11 is 0. The average molecular weight is 671 g/mol. The van der Waals surface area contributed by atoms with Crippen molar-refractivity contribution in [3.05, 3.63) is 12.7 Å². The highest BCUT2D eigenvalue weighted by Gasteiger charge is 2.70. The maximum absolute atomic E-state index is 14.4. The molecule has 6 atom stereocenters. The van der Waals surface area contributed by atoms with E-state index in [0.29, 0.717) is 19.5 Å². The first kappa shape index (κ1) is 37.4. The molecule has 0 aromatic carbocycles. The van der Waals surface area contributed by atoms with Gasteiger partial charge in [-0.15, -0.1) is 6.58 Å². The van der Waals surface area contributed by atoms with Crippen LogP contribution in [0, 0.1) is 39.9 Å². The molecule has 4 fully saturated rings. The average Bonchev–Trinajstić information content (AvgIpc) is 3.93. The molecule has 3 aliphatic carbocycles. The minimum Gasteiger partial charge on any atom is -0.346 e. The predicted octanol–water partition coefficient (Wildman–Crippen LogP) is 2.62. The summed E-state index contributed by atoms with van der Waals surface area (Å²) in [6, 6.07) is -3.71. The number of urea groups is 1. The molecule has 12 heteroatoms. The molecule has 0 bridgehead atoms. The van der Waals surface area contributed by atoms with Crippen LogP contribution >= 0.6 is 0 Å². The third-order valence-electron chi connectivity index (χ3n) is 10.8. The largest absolute Gasteiger partial charge is 0.346 e. The smallest absolute Gasteiger partial charge is 0.315 e. The highest BCUT2D eigenvalue weighted by atomic mass is 16.2. The summed E-state index contributed by atoms with van der Waals surface area (Å²) in [4.78, 5) is 83.6. The minimum atomic E-state index is -0.991. The Morgan fingerprint density at radius 3 is 2.08 bits per heavy atom. The predicted molar refractivity (Wildman–Crippen MR) is 182 cm³/mol. The van der Waals surface area contributed by atoms with Crippen molar-refractivity contribution in [1.29, 1.82) is 0 Å². The molecule has 0 aromatic rings. The van der Waals surface area contributed by atoms with Crippen LogP contribution in [0.2, 0.25) is 0 Å². The van der Waals surface area contributed by atoms with E-state index in [-0.39, 0.29) is 58.9 Å². The number of likely N-dealkylation sites (tertiary alicyclic amines) is 1. The second-order valence-corrected chi connectivity index (χ2v) is 17.3. The van der Waals surface area contributed by atoms with Gasteiger partial charge < -0.3 is 31.1 Å². The van der Waals surface area contributed by atoms with Gasteiger partial charge in [-0.3, -0.25) is 24.0 Å². The molecule has 6 amide bonds. The Hall–Kier alpha value is -3.44. The third kappa shape index (κ3) is 8.58. The molecule has 48 heavy (non-hydrogen) atoms. The summed E-state index contributed by atoms with van der Waals surface area (Å²) in [5.41, 5.74) is -1.26. The molecule has 1 saturated heterocycles. The van der Waals surface area contributed by atoms with Gasteiger partial charge in [0.05, 0.1) is 12.1 Å². The number of carbonyl (C=O) groups excluding carboxylic acids is 6. The number of hydrogen-bond acceptors (Lipinski definition) is 6. The Morgan fingerprint density at radius 2 is 1.56 bits per heavy atom. The van der Waals surface area contributed by atoms with E-state index in [1.165, 1.54) is 6.08 Å². The summed E-state index contributed by atoms with van der Waals surface area (Å²) in [6.45, 7) is 20.1. The lowest BCUT2D eigenvalue weighted by molar-refractivity contribution is -0.145. The monoisotopic (exact) mass is 670 g/mol. The fourth-order valence-corrected chi connectivity index (χ4v) is 7.09. The van der Waals surface area contributed by atoms with Gasteiger partial charge in [0.25, 0.3) is 5.91 Å². The quantitative estimate of drug-likeness (QED) is 0.165. The Kier molecular flexibility index (Phi) is 10.8. The number of fused-ring (bicyclic) bond motifs is 1. The second-order valence-electron chi connectivity index (χ2n) is 17.3. The molecule has 1 aliphatic heterocycles. The Labute approximate surface area is 285 Å². The molecule has 4 rings (SSSR count). The van der Waals surface area contributed by atoms with Crippen LogP contribution in [0.25, 0.3) is 0 Å². The van der Waals surface area contributed by atoms with Gasteiger partial charge in [-0.2, -0.15) is 0 Å². The van der Waals surface area contributed by atoms with Crippen LogP contribution in [0.5, 0.6) is 0 Å². The SMILES string of the molecule is C=CCNC(=O)C(=O)C(CC1CC1)NC(=O)[C@@H]1[C@@H]2[C@H](CN1C(=O)[C@@H](NC(=O)N[C@H](CN(C)C(=O)C1CC1)C(C)(C)C)C(C)(C)C)C2(C)C. The number of hydrogen-bond donors (Lipinski definition) is 4. The number of amides is 6. The highest BCUT2D eigenvalue weighted by Crippen LogP contribution is 2.65.